The predicted octanol–water partition coefficient (Wildman–Crippen LogP) is 2.31. The van der Waals surface area contributed by atoms with Crippen LogP contribution in [0.4, 0.5) is 0 Å². The van der Waals surface area contributed by atoms with E-state index in [1.165, 1.54) is 24.4 Å². The van der Waals surface area contributed by atoms with Gasteiger partial charge in [-0.15, -0.1) is 0 Å². The fourth-order valence-corrected chi connectivity index (χ4v) is 2.77. The molecule has 0 unspecified atom stereocenters. The second-order valence-electron chi connectivity index (χ2n) is 6.12. The Bertz CT molecular complexity index is 863. The standard InChI is InChI=1S/C19H24ClN5O3/c1-3-4-12-25-18(20)14(13(2)24-25)7-8-16(27)21-10-11-23-19(28)17-15(26)6-5-9-22-17/h5-9,26H,3-4,10-12H2,1-2H3,(H,21,27)(H,23,28). The highest BCUT2D eigenvalue weighted by atomic mass is 35.5. The van der Waals surface area contributed by atoms with Crippen LogP contribution in [0.5, 0.6) is 5.75 Å². The van der Waals surface area contributed by atoms with Crippen molar-refractivity contribution in [3.8, 4) is 5.75 Å². The van der Waals surface area contributed by atoms with E-state index in [-0.39, 0.29) is 30.4 Å². The van der Waals surface area contributed by atoms with Crippen molar-refractivity contribution in [3.05, 3.63) is 46.5 Å². The number of aromatic hydroxyl groups is 1. The van der Waals surface area contributed by atoms with E-state index in [9.17, 15) is 14.7 Å². The summed E-state index contributed by atoms with van der Waals surface area (Å²) in [5, 5.41) is 19.7. The summed E-state index contributed by atoms with van der Waals surface area (Å²) < 4.78 is 1.74. The lowest BCUT2D eigenvalue weighted by Gasteiger charge is -2.06. The summed E-state index contributed by atoms with van der Waals surface area (Å²) in [5.41, 5.74) is 1.42. The molecule has 0 aliphatic heterocycles. The van der Waals surface area contributed by atoms with Gasteiger partial charge in [0.2, 0.25) is 5.91 Å². The minimum absolute atomic E-state index is 0.0566. The van der Waals surface area contributed by atoms with Crippen LogP contribution in [0.1, 0.15) is 41.5 Å². The number of amides is 2. The molecule has 3 N–H and O–H groups in total. The van der Waals surface area contributed by atoms with E-state index in [0.29, 0.717) is 10.7 Å². The lowest BCUT2D eigenvalue weighted by Crippen LogP contribution is -2.34. The third-order valence-corrected chi connectivity index (χ3v) is 4.34. The van der Waals surface area contributed by atoms with Crippen molar-refractivity contribution < 1.29 is 14.7 Å². The molecule has 2 heterocycles. The maximum Gasteiger partial charge on any atom is 0.273 e. The first-order valence-corrected chi connectivity index (χ1v) is 9.42. The third-order valence-electron chi connectivity index (χ3n) is 3.95. The van der Waals surface area contributed by atoms with Crippen molar-refractivity contribution in [2.75, 3.05) is 13.1 Å². The van der Waals surface area contributed by atoms with Crippen molar-refractivity contribution in [1.82, 2.24) is 25.4 Å². The Morgan fingerprint density at radius 3 is 2.79 bits per heavy atom. The second-order valence-corrected chi connectivity index (χ2v) is 6.48. The molecule has 2 aromatic rings. The molecule has 0 saturated carbocycles. The van der Waals surface area contributed by atoms with E-state index in [2.05, 4.69) is 27.6 Å². The molecule has 0 radical (unpaired) electrons. The zero-order valence-electron chi connectivity index (χ0n) is 15.9. The van der Waals surface area contributed by atoms with Crippen molar-refractivity contribution in [3.63, 3.8) is 0 Å². The molecule has 0 bridgehead atoms. The summed E-state index contributed by atoms with van der Waals surface area (Å²) in [6.45, 7) is 5.10. The fourth-order valence-electron chi connectivity index (χ4n) is 2.45. The number of carbonyl (C=O) groups is 2. The van der Waals surface area contributed by atoms with Crippen LogP contribution < -0.4 is 10.6 Å². The Morgan fingerprint density at radius 1 is 1.32 bits per heavy atom. The Kier molecular flexibility index (Phi) is 8.01. The first-order chi connectivity index (χ1) is 13.4. The molecule has 2 rings (SSSR count). The molecule has 0 saturated heterocycles. The zero-order valence-corrected chi connectivity index (χ0v) is 16.7. The van der Waals surface area contributed by atoms with E-state index in [1.54, 1.807) is 10.8 Å². The van der Waals surface area contributed by atoms with E-state index in [1.807, 2.05) is 6.92 Å². The number of hydrogen-bond donors (Lipinski definition) is 3. The highest BCUT2D eigenvalue weighted by Crippen LogP contribution is 2.21. The van der Waals surface area contributed by atoms with Crippen LogP contribution in [0.2, 0.25) is 5.15 Å². The number of unbranched alkanes of at least 4 members (excludes halogenated alkanes) is 1. The third kappa shape index (κ3) is 5.82. The average molecular weight is 406 g/mol. The summed E-state index contributed by atoms with van der Waals surface area (Å²) >= 11 is 6.33. The van der Waals surface area contributed by atoms with Gasteiger partial charge in [0.15, 0.2) is 5.69 Å². The molecule has 9 heteroatoms. The monoisotopic (exact) mass is 405 g/mol. The molecule has 150 valence electrons. The predicted molar refractivity (Wildman–Crippen MR) is 107 cm³/mol. The number of carbonyl (C=O) groups excluding carboxylic acids is 2. The van der Waals surface area contributed by atoms with Crippen molar-refractivity contribution in [2.24, 2.45) is 0 Å². The zero-order chi connectivity index (χ0) is 20.5. The van der Waals surface area contributed by atoms with Gasteiger partial charge >= 0.3 is 0 Å². The van der Waals surface area contributed by atoms with Crippen LogP contribution in [0.25, 0.3) is 6.08 Å². The van der Waals surface area contributed by atoms with Gasteiger partial charge in [0.1, 0.15) is 10.9 Å². The van der Waals surface area contributed by atoms with Crippen LogP contribution in [0.15, 0.2) is 24.4 Å². The van der Waals surface area contributed by atoms with Crippen LogP contribution in [0.3, 0.4) is 0 Å². The lowest BCUT2D eigenvalue weighted by atomic mass is 10.2. The first-order valence-electron chi connectivity index (χ1n) is 9.05. The highest BCUT2D eigenvalue weighted by Gasteiger charge is 2.12. The van der Waals surface area contributed by atoms with Crippen molar-refractivity contribution in [1.29, 1.82) is 0 Å². The van der Waals surface area contributed by atoms with Gasteiger partial charge in [-0.3, -0.25) is 14.3 Å². The highest BCUT2D eigenvalue weighted by molar-refractivity contribution is 6.31. The topological polar surface area (TPSA) is 109 Å². The summed E-state index contributed by atoms with van der Waals surface area (Å²) in [7, 11) is 0. The van der Waals surface area contributed by atoms with E-state index in [4.69, 9.17) is 11.6 Å². The number of halogens is 1. The van der Waals surface area contributed by atoms with Gasteiger partial charge in [-0.05, 0) is 31.6 Å². The lowest BCUT2D eigenvalue weighted by molar-refractivity contribution is -0.116. The number of pyridine rings is 1. The maximum absolute atomic E-state index is 12.0. The van der Waals surface area contributed by atoms with E-state index in [0.717, 1.165) is 25.1 Å². The number of nitrogens with zero attached hydrogens (tertiary/aromatic N) is 3. The van der Waals surface area contributed by atoms with Gasteiger partial charge in [-0.1, -0.05) is 24.9 Å². The molecule has 28 heavy (non-hydrogen) atoms. The molecular formula is C19H24ClN5O3. The van der Waals surface area contributed by atoms with Crippen LogP contribution >= 0.6 is 11.6 Å². The molecule has 2 amide bonds. The Morgan fingerprint density at radius 2 is 2.07 bits per heavy atom. The van der Waals surface area contributed by atoms with Crippen LogP contribution in [0, 0.1) is 6.92 Å². The Balaban J connectivity index is 1.80. The van der Waals surface area contributed by atoms with Crippen molar-refractivity contribution >= 4 is 29.5 Å². The summed E-state index contributed by atoms with van der Waals surface area (Å²) in [4.78, 5) is 27.7. The number of aryl methyl sites for hydroxylation is 2. The molecule has 0 aliphatic carbocycles. The summed E-state index contributed by atoms with van der Waals surface area (Å²) in [6, 6.07) is 2.91. The molecule has 8 nitrogen and oxygen atoms in total. The quantitative estimate of drug-likeness (QED) is 0.438. The molecular weight excluding hydrogens is 382 g/mol. The van der Waals surface area contributed by atoms with Gasteiger partial charge in [-0.2, -0.15) is 5.10 Å². The molecule has 0 aromatic carbocycles. The number of aromatic nitrogens is 3. The molecule has 0 atom stereocenters. The minimum atomic E-state index is -0.509. The van der Waals surface area contributed by atoms with Crippen LogP contribution in [-0.2, 0) is 11.3 Å². The van der Waals surface area contributed by atoms with Crippen molar-refractivity contribution in [2.45, 2.75) is 33.2 Å². The molecule has 0 spiro atoms. The minimum Gasteiger partial charge on any atom is -0.505 e. The largest absolute Gasteiger partial charge is 0.505 e. The molecule has 0 fully saturated rings. The average Bonchev–Trinajstić information content (AvgIpc) is 2.95. The van der Waals surface area contributed by atoms with Gasteiger partial charge in [-0.25, -0.2) is 4.98 Å². The number of hydrogen-bond acceptors (Lipinski definition) is 5. The maximum atomic E-state index is 12.0. The number of nitrogens with one attached hydrogen (secondary N) is 2. The normalized spacial score (nSPS) is 11.0. The molecule has 2 aromatic heterocycles. The SMILES string of the molecule is CCCCn1nc(C)c(C=CC(=O)NCCNC(=O)c2ncccc2O)c1Cl. The molecule has 0 aliphatic rings. The van der Waals surface area contributed by atoms with Gasteiger partial charge < -0.3 is 15.7 Å². The van der Waals surface area contributed by atoms with Gasteiger partial charge in [0, 0.05) is 37.5 Å². The summed E-state index contributed by atoms with van der Waals surface area (Å²) in [6.07, 6.45) is 6.45. The first kappa shape index (κ1) is 21.4. The summed E-state index contributed by atoms with van der Waals surface area (Å²) in [5.74, 6) is -1.02. The second kappa shape index (κ2) is 10.5. The Hall–Kier alpha value is -2.87. The fraction of sp³-hybridized carbons (Fsp3) is 0.368. The van der Waals surface area contributed by atoms with Gasteiger partial charge in [0.25, 0.3) is 5.91 Å². The Labute approximate surface area is 168 Å². The van der Waals surface area contributed by atoms with Gasteiger partial charge in [0.05, 0.1) is 5.69 Å². The smallest absolute Gasteiger partial charge is 0.273 e. The van der Waals surface area contributed by atoms with E-state index >= 15 is 0 Å². The van der Waals surface area contributed by atoms with E-state index < -0.39 is 5.91 Å². The van der Waals surface area contributed by atoms with Crippen LogP contribution in [-0.4, -0.2) is 44.8 Å². The number of rotatable bonds is 9.